The first kappa shape index (κ1) is 14.8. The van der Waals surface area contributed by atoms with Gasteiger partial charge in [0.15, 0.2) is 0 Å². The van der Waals surface area contributed by atoms with E-state index < -0.39 is 0 Å². The molecule has 2 N–H and O–H groups in total. The van der Waals surface area contributed by atoms with E-state index in [0.29, 0.717) is 12.1 Å². The van der Waals surface area contributed by atoms with E-state index in [1.807, 2.05) is 13.1 Å². The van der Waals surface area contributed by atoms with Crippen molar-refractivity contribution >= 4 is 5.82 Å². The molecule has 3 atom stereocenters. The SMILES string of the molecule is Cc1cc(CC(C)N)cnc1N1CCOC2CCCCC21. The molecular weight excluding hydrogens is 262 g/mol. The van der Waals surface area contributed by atoms with Crippen LogP contribution in [0.2, 0.25) is 0 Å². The quantitative estimate of drug-likeness (QED) is 0.928. The van der Waals surface area contributed by atoms with Crippen LogP contribution in [-0.2, 0) is 11.2 Å². The zero-order chi connectivity index (χ0) is 14.8. The predicted octanol–water partition coefficient (Wildman–Crippen LogP) is 2.43. The zero-order valence-electron chi connectivity index (χ0n) is 13.2. The zero-order valence-corrected chi connectivity index (χ0v) is 13.2. The van der Waals surface area contributed by atoms with Gasteiger partial charge in [0.25, 0.3) is 0 Å². The van der Waals surface area contributed by atoms with Crippen LogP contribution in [0.15, 0.2) is 12.3 Å². The van der Waals surface area contributed by atoms with E-state index in [2.05, 4.69) is 17.9 Å². The first-order chi connectivity index (χ1) is 10.1. The van der Waals surface area contributed by atoms with E-state index in [0.717, 1.165) is 25.4 Å². The highest BCUT2D eigenvalue weighted by molar-refractivity contribution is 5.49. The first-order valence-corrected chi connectivity index (χ1v) is 8.24. The highest BCUT2D eigenvalue weighted by Gasteiger charge is 2.35. The van der Waals surface area contributed by atoms with Crippen molar-refractivity contribution in [3.05, 3.63) is 23.4 Å². The molecule has 0 spiro atoms. The van der Waals surface area contributed by atoms with Crippen LogP contribution in [0.5, 0.6) is 0 Å². The van der Waals surface area contributed by atoms with Gasteiger partial charge in [-0.15, -0.1) is 0 Å². The van der Waals surface area contributed by atoms with Crippen molar-refractivity contribution in [2.24, 2.45) is 5.73 Å². The van der Waals surface area contributed by atoms with E-state index in [1.54, 1.807) is 0 Å². The molecule has 116 valence electrons. The second-order valence-corrected chi connectivity index (χ2v) is 6.62. The molecular formula is C17H27N3O. The number of nitrogens with zero attached hydrogens (tertiary/aromatic N) is 2. The normalized spacial score (nSPS) is 27.3. The van der Waals surface area contributed by atoms with Crippen molar-refractivity contribution in [1.29, 1.82) is 0 Å². The summed E-state index contributed by atoms with van der Waals surface area (Å²) in [5.41, 5.74) is 8.39. The molecule has 0 radical (unpaired) electrons. The lowest BCUT2D eigenvalue weighted by Gasteiger charge is -2.44. The van der Waals surface area contributed by atoms with Gasteiger partial charge in [0.2, 0.25) is 0 Å². The van der Waals surface area contributed by atoms with Gasteiger partial charge in [-0.3, -0.25) is 0 Å². The molecule has 2 aliphatic rings. The number of nitrogens with two attached hydrogens (primary N) is 1. The summed E-state index contributed by atoms with van der Waals surface area (Å²) >= 11 is 0. The minimum Gasteiger partial charge on any atom is -0.374 e. The molecule has 1 saturated carbocycles. The molecule has 4 heteroatoms. The lowest BCUT2D eigenvalue weighted by atomic mass is 9.90. The van der Waals surface area contributed by atoms with Crippen molar-refractivity contribution < 1.29 is 4.74 Å². The van der Waals surface area contributed by atoms with Gasteiger partial charge in [-0.2, -0.15) is 0 Å². The van der Waals surface area contributed by atoms with Gasteiger partial charge in [0.05, 0.1) is 18.8 Å². The van der Waals surface area contributed by atoms with Crippen molar-refractivity contribution in [2.75, 3.05) is 18.1 Å². The summed E-state index contributed by atoms with van der Waals surface area (Å²) < 4.78 is 5.96. The maximum absolute atomic E-state index is 5.96. The Morgan fingerprint density at radius 3 is 3.00 bits per heavy atom. The van der Waals surface area contributed by atoms with Crippen LogP contribution in [0.1, 0.15) is 43.7 Å². The van der Waals surface area contributed by atoms with Crippen LogP contribution in [0.4, 0.5) is 5.82 Å². The molecule has 1 aromatic rings. The molecule has 1 aromatic heterocycles. The summed E-state index contributed by atoms with van der Waals surface area (Å²) in [6.07, 6.45) is 8.33. The molecule has 21 heavy (non-hydrogen) atoms. The van der Waals surface area contributed by atoms with Crippen molar-refractivity contribution in [3.8, 4) is 0 Å². The van der Waals surface area contributed by atoms with Gasteiger partial charge >= 0.3 is 0 Å². The van der Waals surface area contributed by atoms with Gasteiger partial charge in [-0.25, -0.2) is 4.98 Å². The standard InChI is InChI=1S/C17H27N3O/c1-12-9-14(10-13(2)18)11-19-17(12)20-7-8-21-16-6-4-3-5-15(16)20/h9,11,13,15-16H,3-8,10,18H2,1-2H3. The van der Waals surface area contributed by atoms with Gasteiger partial charge < -0.3 is 15.4 Å². The predicted molar refractivity (Wildman–Crippen MR) is 85.7 cm³/mol. The highest BCUT2D eigenvalue weighted by Crippen LogP contribution is 2.32. The number of aromatic nitrogens is 1. The Bertz CT molecular complexity index is 487. The molecule has 2 heterocycles. The number of hydrogen-bond acceptors (Lipinski definition) is 4. The Labute approximate surface area is 127 Å². The summed E-state index contributed by atoms with van der Waals surface area (Å²) in [5, 5.41) is 0. The number of anilines is 1. The Morgan fingerprint density at radius 2 is 2.24 bits per heavy atom. The van der Waals surface area contributed by atoms with Crippen LogP contribution >= 0.6 is 0 Å². The van der Waals surface area contributed by atoms with Gasteiger partial charge in [-0.1, -0.05) is 18.9 Å². The minimum absolute atomic E-state index is 0.183. The summed E-state index contributed by atoms with van der Waals surface area (Å²) in [7, 11) is 0. The number of ether oxygens (including phenoxy) is 1. The topological polar surface area (TPSA) is 51.4 Å². The molecule has 0 bridgehead atoms. The fourth-order valence-corrected chi connectivity index (χ4v) is 3.77. The Morgan fingerprint density at radius 1 is 1.43 bits per heavy atom. The molecule has 2 fully saturated rings. The van der Waals surface area contributed by atoms with E-state index in [4.69, 9.17) is 15.5 Å². The first-order valence-electron chi connectivity index (χ1n) is 8.24. The molecule has 3 unspecified atom stereocenters. The molecule has 1 saturated heterocycles. The maximum Gasteiger partial charge on any atom is 0.131 e. The van der Waals surface area contributed by atoms with Gasteiger partial charge in [0, 0.05) is 18.8 Å². The second-order valence-electron chi connectivity index (χ2n) is 6.62. The largest absolute Gasteiger partial charge is 0.374 e. The smallest absolute Gasteiger partial charge is 0.131 e. The van der Waals surface area contributed by atoms with Crippen LogP contribution in [0.3, 0.4) is 0 Å². The molecule has 4 nitrogen and oxygen atoms in total. The molecule has 1 aliphatic heterocycles. The van der Waals surface area contributed by atoms with Crippen molar-refractivity contribution in [2.45, 2.75) is 64.1 Å². The van der Waals surface area contributed by atoms with E-state index >= 15 is 0 Å². The highest BCUT2D eigenvalue weighted by atomic mass is 16.5. The van der Waals surface area contributed by atoms with E-state index in [9.17, 15) is 0 Å². The Hall–Kier alpha value is -1.13. The monoisotopic (exact) mass is 289 g/mol. The number of fused-ring (bicyclic) bond motifs is 1. The molecule has 3 rings (SSSR count). The molecule has 0 amide bonds. The minimum atomic E-state index is 0.183. The fraction of sp³-hybridized carbons (Fsp3) is 0.706. The van der Waals surface area contributed by atoms with Crippen LogP contribution in [-0.4, -0.2) is 36.3 Å². The Balaban J connectivity index is 1.81. The summed E-state index contributed by atoms with van der Waals surface area (Å²) in [6.45, 7) is 5.99. The summed E-state index contributed by atoms with van der Waals surface area (Å²) in [6, 6.07) is 2.94. The van der Waals surface area contributed by atoms with Gasteiger partial charge in [0.1, 0.15) is 5.82 Å². The van der Waals surface area contributed by atoms with Crippen LogP contribution < -0.4 is 10.6 Å². The fourth-order valence-electron chi connectivity index (χ4n) is 3.77. The average Bonchev–Trinajstić information content (AvgIpc) is 2.46. The number of rotatable bonds is 3. The van der Waals surface area contributed by atoms with Crippen LogP contribution in [0, 0.1) is 6.92 Å². The molecule has 1 aliphatic carbocycles. The number of hydrogen-bond donors (Lipinski definition) is 1. The molecule has 0 aromatic carbocycles. The number of aryl methyl sites for hydroxylation is 1. The third-order valence-corrected chi connectivity index (χ3v) is 4.67. The Kier molecular flexibility index (Phi) is 4.45. The summed E-state index contributed by atoms with van der Waals surface area (Å²) in [4.78, 5) is 7.25. The van der Waals surface area contributed by atoms with Crippen LogP contribution in [0.25, 0.3) is 0 Å². The lowest BCUT2D eigenvalue weighted by Crippen LogP contribution is -2.53. The number of morpholine rings is 1. The van der Waals surface area contributed by atoms with E-state index in [1.165, 1.54) is 36.8 Å². The van der Waals surface area contributed by atoms with Crippen molar-refractivity contribution in [3.63, 3.8) is 0 Å². The van der Waals surface area contributed by atoms with Crippen molar-refractivity contribution in [1.82, 2.24) is 4.98 Å². The number of pyridine rings is 1. The van der Waals surface area contributed by atoms with Gasteiger partial charge in [-0.05, 0) is 44.2 Å². The van der Waals surface area contributed by atoms with E-state index in [-0.39, 0.29) is 6.04 Å². The summed E-state index contributed by atoms with van der Waals surface area (Å²) in [5.74, 6) is 1.14. The lowest BCUT2D eigenvalue weighted by molar-refractivity contribution is -0.00903. The third-order valence-electron chi connectivity index (χ3n) is 4.67. The second kappa shape index (κ2) is 6.32. The third kappa shape index (κ3) is 3.22. The maximum atomic E-state index is 5.96. The average molecular weight is 289 g/mol.